The number of hydrogen-bond donors (Lipinski definition) is 2. The molecular formula is C24H25BrF3NO5. The molecule has 1 atom stereocenters. The summed E-state index contributed by atoms with van der Waals surface area (Å²) in [7, 11) is 2.61. The second-order valence-electron chi connectivity index (χ2n) is 8.71. The highest BCUT2D eigenvalue weighted by Crippen LogP contribution is 2.45. The highest BCUT2D eigenvalue weighted by molar-refractivity contribution is 9.10. The molecule has 0 bridgehead atoms. The smallest absolute Gasteiger partial charge is 0.496 e. The molecule has 10 heteroatoms. The van der Waals surface area contributed by atoms with Gasteiger partial charge in [-0.1, -0.05) is 29.8 Å². The van der Waals surface area contributed by atoms with Crippen LogP contribution in [0.3, 0.4) is 0 Å². The number of hydrogen-bond acceptors (Lipinski definition) is 5. The van der Waals surface area contributed by atoms with E-state index in [0.29, 0.717) is 26.7 Å². The van der Waals surface area contributed by atoms with E-state index in [4.69, 9.17) is 9.47 Å². The van der Waals surface area contributed by atoms with E-state index in [9.17, 15) is 23.1 Å². The van der Waals surface area contributed by atoms with Gasteiger partial charge in [-0.3, -0.25) is 0 Å². The van der Waals surface area contributed by atoms with Crippen molar-refractivity contribution in [2.75, 3.05) is 14.2 Å². The van der Waals surface area contributed by atoms with E-state index in [0.717, 1.165) is 0 Å². The van der Waals surface area contributed by atoms with Crippen LogP contribution in [0.5, 0.6) is 11.5 Å². The minimum Gasteiger partial charge on any atom is -0.496 e. The van der Waals surface area contributed by atoms with Crippen molar-refractivity contribution in [3.63, 3.8) is 0 Å². The molecule has 0 spiro atoms. The second kappa shape index (κ2) is 9.50. The molecule has 6 nitrogen and oxygen atoms in total. The maximum absolute atomic E-state index is 14.2. The number of aromatic amines is 1. The van der Waals surface area contributed by atoms with Crippen LogP contribution in [0, 0.1) is 0 Å². The lowest BCUT2D eigenvalue weighted by Crippen LogP contribution is -2.51. The Hall–Kier alpha value is -2.72. The van der Waals surface area contributed by atoms with Gasteiger partial charge in [0.1, 0.15) is 11.5 Å². The molecule has 1 heterocycles. The number of nitrogens with one attached hydrogen (secondary N) is 1. The van der Waals surface area contributed by atoms with Crippen LogP contribution in [0.1, 0.15) is 31.5 Å². The number of aromatic nitrogens is 1. The molecule has 2 aromatic carbocycles. The van der Waals surface area contributed by atoms with E-state index < -0.39 is 36.2 Å². The van der Waals surface area contributed by atoms with E-state index in [2.05, 4.69) is 25.7 Å². The molecule has 0 aliphatic carbocycles. The SMILES string of the molecule is COC(=O)Oc1ccc2[nH]c(CC(O)(CC(C)(C)c3cc(Br)ccc3OC)C(F)(F)F)cc2c1. The molecule has 0 aliphatic rings. The van der Waals surface area contributed by atoms with Gasteiger partial charge >= 0.3 is 12.3 Å². The average molecular weight is 544 g/mol. The molecule has 3 aromatic rings. The summed E-state index contributed by atoms with van der Waals surface area (Å²) in [4.78, 5) is 14.2. The Kier molecular flexibility index (Phi) is 7.23. The Morgan fingerprint density at radius 2 is 1.79 bits per heavy atom. The number of alkyl halides is 3. The lowest BCUT2D eigenvalue weighted by Gasteiger charge is -2.38. The summed E-state index contributed by atoms with van der Waals surface area (Å²) < 4.78 is 58.1. The van der Waals surface area contributed by atoms with E-state index in [1.54, 1.807) is 38.1 Å². The van der Waals surface area contributed by atoms with E-state index in [-0.39, 0.29) is 11.4 Å². The van der Waals surface area contributed by atoms with Gasteiger partial charge in [-0.2, -0.15) is 13.2 Å². The van der Waals surface area contributed by atoms with Gasteiger partial charge in [0.25, 0.3) is 0 Å². The number of carbonyl (C=O) groups is 1. The lowest BCUT2D eigenvalue weighted by molar-refractivity contribution is -0.266. The third-order valence-electron chi connectivity index (χ3n) is 5.65. The maximum Gasteiger partial charge on any atom is 0.513 e. The topological polar surface area (TPSA) is 80.8 Å². The van der Waals surface area contributed by atoms with Gasteiger partial charge in [-0.15, -0.1) is 0 Å². The molecule has 1 unspecified atom stereocenters. The minimum absolute atomic E-state index is 0.180. The minimum atomic E-state index is -4.90. The first kappa shape index (κ1) is 25.9. The molecule has 0 aliphatic heterocycles. The largest absolute Gasteiger partial charge is 0.513 e. The fourth-order valence-electron chi connectivity index (χ4n) is 4.08. The van der Waals surface area contributed by atoms with Crippen molar-refractivity contribution in [3.05, 3.63) is 58.2 Å². The molecule has 0 amide bonds. The zero-order valence-electron chi connectivity index (χ0n) is 19.0. The van der Waals surface area contributed by atoms with Gasteiger partial charge in [-0.05, 0) is 54.3 Å². The maximum atomic E-state index is 14.2. The molecule has 0 saturated heterocycles. The number of H-pyrrole nitrogens is 1. The molecule has 34 heavy (non-hydrogen) atoms. The predicted octanol–water partition coefficient (Wildman–Crippen LogP) is 6.29. The van der Waals surface area contributed by atoms with Crippen LogP contribution >= 0.6 is 15.9 Å². The van der Waals surface area contributed by atoms with Gasteiger partial charge in [-0.25, -0.2) is 4.79 Å². The first-order chi connectivity index (χ1) is 15.8. The third-order valence-corrected chi connectivity index (χ3v) is 6.14. The van der Waals surface area contributed by atoms with Crippen LogP contribution in [0.25, 0.3) is 10.9 Å². The number of aliphatic hydroxyl groups is 1. The van der Waals surface area contributed by atoms with Crippen molar-refractivity contribution in [2.45, 2.75) is 43.9 Å². The number of halogens is 4. The average Bonchev–Trinajstić information content (AvgIpc) is 3.13. The fourth-order valence-corrected chi connectivity index (χ4v) is 4.44. The monoisotopic (exact) mass is 543 g/mol. The zero-order chi connectivity index (χ0) is 25.3. The molecule has 184 valence electrons. The summed E-state index contributed by atoms with van der Waals surface area (Å²) in [6, 6.07) is 11.1. The Bertz CT molecular complexity index is 1190. The molecule has 0 saturated carbocycles. The molecular weight excluding hydrogens is 519 g/mol. The van der Waals surface area contributed by atoms with Crippen molar-refractivity contribution >= 4 is 33.0 Å². The number of rotatable bonds is 7. The van der Waals surface area contributed by atoms with Gasteiger partial charge in [0, 0.05) is 33.1 Å². The van der Waals surface area contributed by atoms with Gasteiger partial charge in [0.15, 0.2) is 5.60 Å². The van der Waals surface area contributed by atoms with Crippen LogP contribution in [0.4, 0.5) is 18.0 Å². The number of methoxy groups -OCH3 is 2. The van der Waals surface area contributed by atoms with Crippen LogP contribution in [0.2, 0.25) is 0 Å². The molecule has 2 N–H and O–H groups in total. The Labute approximate surface area is 203 Å². The van der Waals surface area contributed by atoms with Crippen molar-refractivity contribution in [1.82, 2.24) is 4.98 Å². The quantitative estimate of drug-likeness (QED) is 0.270. The summed E-state index contributed by atoms with van der Waals surface area (Å²) in [6.45, 7) is 3.27. The van der Waals surface area contributed by atoms with E-state index >= 15 is 0 Å². The van der Waals surface area contributed by atoms with Crippen LogP contribution in [-0.4, -0.2) is 42.2 Å². The van der Waals surface area contributed by atoms with Crippen LogP contribution < -0.4 is 9.47 Å². The van der Waals surface area contributed by atoms with Crippen LogP contribution in [0.15, 0.2) is 46.9 Å². The Morgan fingerprint density at radius 1 is 1.09 bits per heavy atom. The zero-order valence-corrected chi connectivity index (χ0v) is 20.6. The van der Waals surface area contributed by atoms with Crippen molar-refractivity contribution in [3.8, 4) is 11.5 Å². The van der Waals surface area contributed by atoms with Gasteiger partial charge in [0.2, 0.25) is 0 Å². The van der Waals surface area contributed by atoms with Gasteiger partial charge in [0.05, 0.1) is 14.2 Å². The number of carbonyl (C=O) groups excluding carboxylic acids is 1. The second-order valence-corrected chi connectivity index (χ2v) is 9.63. The number of benzene rings is 2. The molecule has 3 rings (SSSR count). The summed E-state index contributed by atoms with van der Waals surface area (Å²) in [5, 5.41) is 11.5. The van der Waals surface area contributed by atoms with Gasteiger partial charge < -0.3 is 24.3 Å². The van der Waals surface area contributed by atoms with Crippen molar-refractivity contribution in [2.24, 2.45) is 0 Å². The number of ether oxygens (including phenoxy) is 3. The fraction of sp³-hybridized carbons (Fsp3) is 0.375. The number of fused-ring (bicyclic) bond motifs is 1. The highest BCUT2D eigenvalue weighted by atomic mass is 79.9. The highest BCUT2D eigenvalue weighted by Gasteiger charge is 2.56. The Balaban J connectivity index is 1.95. The lowest BCUT2D eigenvalue weighted by atomic mass is 9.73. The first-order valence-corrected chi connectivity index (χ1v) is 11.1. The summed E-state index contributed by atoms with van der Waals surface area (Å²) in [5.41, 5.74) is -2.87. The van der Waals surface area contributed by atoms with Crippen LogP contribution in [-0.2, 0) is 16.6 Å². The summed E-state index contributed by atoms with van der Waals surface area (Å²) >= 11 is 3.35. The predicted molar refractivity (Wildman–Crippen MR) is 124 cm³/mol. The molecule has 0 radical (unpaired) electrons. The van der Waals surface area contributed by atoms with E-state index in [1.165, 1.54) is 32.4 Å². The van der Waals surface area contributed by atoms with Crippen molar-refractivity contribution < 1.29 is 37.3 Å². The summed E-state index contributed by atoms with van der Waals surface area (Å²) in [5.74, 6) is 0.611. The molecule has 1 aromatic heterocycles. The third kappa shape index (κ3) is 5.50. The first-order valence-electron chi connectivity index (χ1n) is 10.3. The molecule has 0 fully saturated rings. The van der Waals surface area contributed by atoms with Crippen molar-refractivity contribution in [1.29, 1.82) is 0 Å². The van der Waals surface area contributed by atoms with E-state index in [1.807, 2.05) is 0 Å². The Morgan fingerprint density at radius 3 is 2.41 bits per heavy atom. The normalized spacial score (nSPS) is 14.0. The standard InChI is InChI=1S/C24H25BrF3NO5/c1-22(2,18-11-15(25)5-8-20(18)32-3)13-23(31,24(26,27)28)12-16-9-14-10-17(34-21(30)33-4)6-7-19(14)29-16/h5-11,29,31H,12-13H2,1-4H3. The summed E-state index contributed by atoms with van der Waals surface area (Å²) in [6.07, 6.45) is -7.12.